The summed E-state index contributed by atoms with van der Waals surface area (Å²) in [4.78, 5) is 17.7. The molecule has 2 rings (SSSR count). The monoisotopic (exact) mass is 233 g/mol. The minimum atomic E-state index is -0.417. The number of hydrogen-bond donors (Lipinski definition) is 2. The number of nitrogens with two attached hydrogens (primary N) is 1. The molecule has 0 unspecified atom stereocenters. The second-order valence-electron chi connectivity index (χ2n) is 3.74. The Morgan fingerprint density at radius 1 is 1.29 bits per heavy atom. The normalized spacial score (nSPS) is 10.4. The Bertz CT molecular complexity index is 580. The molecule has 0 saturated carbocycles. The van der Waals surface area contributed by atoms with Crippen LogP contribution < -0.4 is 11.3 Å². The standard InChI is InChI=1S/C12H12FN3O/c13-9-3-1-8(7-10(9)14)2-4-11-15-6-5-12(17)16-11/h1,3,5-7H,2,4,14H2,(H,15,16,17). The molecule has 0 saturated heterocycles. The fourth-order valence-corrected chi connectivity index (χ4v) is 1.55. The SMILES string of the molecule is Nc1cc(CCc2nccc(=O)[nH]2)ccc1F. The van der Waals surface area contributed by atoms with Gasteiger partial charge in [-0.15, -0.1) is 0 Å². The lowest BCUT2D eigenvalue weighted by atomic mass is 10.1. The highest BCUT2D eigenvalue weighted by Gasteiger charge is 2.01. The van der Waals surface area contributed by atoms with Crippen molar-refractivity contribution in [1.82, 2.24) is 9.97 Å². The second kappa shape index (κ2) is 4.78. The van der Waals surface area contributed by atoms with Gasteiger partial charge in [0.05, 0.1) is 5.69 Å². The molecule has 0 radical (unpaired) electrons. The summed E-state index contributed by atoms with van der Waals surface area (Å²) in [7, 11) is 0. The summed E-state index contributed by atoms with van der Waals surface area (Å²) in [5.74, 6) is 0.195. The number of nitrogens with zero attached hydrogens (tertiary/aromatic N) is 1. The van der Waals surface area contributed by atoms with Crippen LogP contribution in [0.25, 0.3) is 0 Å². The largest absolute Gasteiger partial charge is 0.396 e. The van der Waals surface area contributed by atoms with Crippen molar-refractivity contribution in [2.24, 2.45) is 0 Å². The van der Waals surface area contributed by atoms with Crippen LogP contribution in [0, 0.1) is 5.82 Å². The van der Waals surface area contributed by atoms with E-state index in [4.69, 9.17) is 5.73 Å². The van der Waals surface area contributed by atoms with Crippen molar-refractivity contribution in [3.63, 3.8) is 0 Å². The highest BCUT2D eigenvalue weighted by Crippen LogP contribution is 2.13. The number of nitrogens with one attached hydrogen (secondary N) is 1. The lowest BCUT2D eigenvalue weighted by Gasteiger charge is -2.03. The van der Waals surface area contributed by atoms with Gasteiger partial charge in [-0.05, 0) is 24.1 Å². The van der Waals surface area contributed by atoms with Crippen LogP contribution in [0.1, 0.15) is 11.4 Å². The number of rotatable bonds is 3. The number of nitrogen functional groups attached to an aromatic ring is 1. The van der Waals surface area contributed by atoms with Crippen molar-refractivity contribution in [2.45, 2.75) is 12.8 Å². The summed E-state index contributed by atoms with van der Waals surface area (Å²) in [6.45, 7) is 0. The van der Waals surface area contributed by atoms with E-state index >= 15 is 0 Å². The minimum absolute atomic E-state index is 0.136. The first kappa shape index (κ1) is 11.3. The van der Waals surface area contributed by atoms with Crippen LogP contribution in [0.5, 0.6) is 0 Å². The predicted octanol–water partition coefficient (Wildman–Crippen LogP) is 1.28. The minimum Gasteiger partial charge on any atom is -0.396 e. The van der Waals surface area contributed by atoms with Gasteiger partial charge < -0.3 is 10.7 Å². The number of aryl methyl sites for hydroxylation is 2. The molecule has 1 aromatic carbocycles. The lowest BCUT2D eigenvalue weighted by Crippen LogP contribution is -2.09. The molecule has 0 amide bonds. The molecular weight excluding hydrogens is 221 g/mol. The average Bonchev–Trinajstić information content (AvgIpc) is 2.31. The number of halogens is 1. The van der Waals surface area contributed by atoms with E-state index in [2.05, 4.69) is 9.97 Å². The summed E-state index contributed by atoms with van der Waals surface area (Å²) < 4.78 is 12.9. The van der Waals surface area contributed by atoms with Crippen LogP contribution in [0.15, 0.2) is 35.3 Å². The molecule has 5 heteroatoms. The topological polar surface area (TPSA) is 71.8 Å². The van der Waals surface area contributed by atoms with E-state index in [0.717, 1.165) is 5.56 Å². The maximum absolute atomic E-state index is 12.9. The highest BCUT2D eigenvalue weighted by molar-refractivity contribution is 5.42. The van der Waals surface area contributed by atoms with E-state index in [1.165, 1.54) is 18.3 Å². The van der Waals surface area contributed by atoms with Crippen LogP contribution in [-0.2, 0) is 12.8 Å². The highest BCUT2D eigenvalue weighted by atomic mass is 19.1. The molecule has 2 aromatic rings. The van der Waals surface area contributed by atoms with Gasteiger partial charge >= 0.3 is 0 Å². The summed E-state index contributed by atoms with van der Waals surface area (Å²) in [5.41, 5.74) is 6.34. The van der Waals surface area contributed by atoms with Gasteiger partial charge in [0.1, 0.15) is 11.6 Å². The zero-order chi connectivity index (χ0) is 12.3. The summed E-state index contributed by atoms with van der Waals surface area (Å²) in [5, 5.41) is 0. The van der Waals surface area contributed by atoms with Gasteiger partial charge in [-0.2, -0.15) is 0 Å². The molecule has 0 spiro atoms. The molecule has 3 N–H and O–H groups in total. The molecule has 1 heterocycles. The smallest absolute Gasteiger partial charge is 0.250 e. The predicted molar refractivity (Wildman–Crippen MR) is 63.1 cm³/mol. The zero-order valence-electron chi connectivity index (χ0n) is 9.11. The summed E-state index contributed by atoms with van der Waals surface area (Å²) in [6, 6.07) is 5.97. The number of H-pyrrole nitrogens is 1. The van der Waals surface area contributed by atoms with E-state index in [1.807, 2.05) is 0 Å². The first-order valence-electron chi connectivity index (χ1n) is 5.23. The third kappa shape index (κ3) is 2.90. The molecular formula is C12H12FN3O. The van der Waals surface area contributed by atoms with Gasteiger partial charge in [0, 0.05) is 18.7 Å². The Labute approximate surface area is 97.3 Å². The second-order valence-corrected chi connectivity index (χ2v) is 3.74. The van der Waals surface area contributed by atoms with Gasteiger partial charge in [-0.3, -0.25) is 4.79 Å². The molecule has 0 aliphatic heterocycles. The van der Waals surface area contributed by atoms with Crippen molar-refractivity contribution >= 4 is 5.69 Å². The number of benzene rings is 1. The van der Waals surface area contributed by atoms with Crippen LogP contribution in [-0.4, -0.2) is 9.97 Å². The third-order valence-electron chi connectivity index (χ3n) is 2.43. The summed E-state index contributed by atoms with van der Waals surface area (Å²) in [6.07, 6.45) is 2.70. The average molecular weight is 233 g/mol. The van der Waals surface area contributed by atoms with E-state index in [9.17, 15) is 9.18 Å². The number of aromatic nitrogens is 2. The first-order valence-corrected chi connectivity index (χ1v) is 5.23. The van der Waals surface area contributed by atoms with Crippen LogP contribution in [0.3, 0.4) is 0 Å². The maximum atomic E-state index is 12.9. The fraction of sp³-hybridized carbons (Fsp3) is 0.167. The maximum Gasteiger partial charge on any atom is 0.250 e. The Morgan fingerprint density at radius 3 is 2.82 bits per heavy atom. The van der Waals surface area contributed by atoms with E-state index in [0.29, 0.717) is 18.7 Å². The Hall–Kier alpha value is -2.17. The number of aromatic amines is 1. The van der Waals surface area contributed by atoms with Crippen molar-refractivity contribution in [3.8, 4) is 0 Å². The lowest BCUT2D eigenvalue weighted by molar-refractivity contribution is 0.631. The van der Waals surface area contributed by atoms with Gasteiger partial charge in [-0.25, -0.2) is 9.37 Å². The van der Waals surface area contributed by atoms with Crippen LogP contribution in [0.4, 0.5) is 10.1 Å². The quantitative estimate of drug-likeness (QED) is 0.784. The summed E-state index contributed by atoms with van der Waals surface area (Å²) >= 11 is 0. The Morgan fingerprint density at radius 2 is 2.12 bits per heavy atom. The van der Waals surface area contributed by atoms with Gasteiger partial charge in [0.15, 0.2) is 0 Å². The molecule has 88 valence electrons. The van der Waals surface area contributed by atoms with Crippen molar-refractivity contribution < 1.29 is 4.39 Å². The number of hydrogen-bond acceptors (Lipinski definition) is 3. The molecule has 0 atom stereocenters. The van der Waals surface area contributed by atoms with Crippen molar-refractivity contribution in [3.05, 3.63) is 58.0 Å². The fourth-order valence-electron chi connectivity index (χ4n) is 1.55. The zero-order valence-corrected chi connectivity index (χ0v) is 9.11. The molecule has 0 aliphatic rings. The molecule has 0 aliphatic carbocycles. The Balaban J connectivity index is 2.07. The van der Waals surface area contributed by atoms with E-state index in [-0.39, 0.29) is 11.2 Å². The molecule has 4 nitrogen and oxygen atoms in total. The first-order chi connectivity index (χ1) is 8.15. The van der Waals surface area contributed by atoms with Crippen molar-refractivity contribution in [1.29, 1.82) is 0 Å². The van der Waals surface area contributed by atoms with Gasteiger partial charge in [0.2, 0.25) is 0 Å². The number of anilines is 1. The van der Waals surface area contributed by atoms with Gasteiger partial charge in [0.25, 0.3) is 5.56 Å². The van der Waals surface area contributed by atoms with Crippen molar-refractivity contribution in [2.75, 3.05) is 5.73 Å². The van der Waals surface area contributed by atoms with Gasteiger partial charge in [-0.1, -0.05) is 6.07 Å². The van der Waals surface area contributed by atoms with Crippen LogP contribution >= 0.6 is 0 Å². The van der Waals surface area contributed by atoms with E-state index < -0.39 is 5.82 Å². The Kier molecular flexibility index (Phi) is 3.18. The third-order valence-corrected chi connectivity index (χ3v) is 2.43. The molecule has 0 bridgehead atoms. The molecule has 1 aromatic heterocycles. The molecule has 0 fully saturated rings. The van der Waals surface area contributed by atoms with Crippen LogP contribution in [0.2, 0.25) is 0 Å². The van der Waals surface area contributed by atoms with E-state index in [1.54, 1.807) is 12.1 Å². The molecule has 17 heavy (non-hydrogen) atoms.